The number of hydrogen-bond acceptors (Lipinski definition) is 2. The largest absolute Gasteiger partial charge is 0.312 e. The molecule has 0 aromatic rings. The summed E-state index contributed by atoms with van der Waals surface area (Å²) in [6, 6.07) is 0. The van der Waals surface area contributed by atoms with Crippen LogP contribution in [0.2, 0.25) is 0 Å². The molecule has 2 N–H and O–H groups in total. The van der Waals surface area contributed by atoms with Gasteiger partial charge in [0.25, 0.3) is 0 Å². The molecule has 0 aliphatic rings. The summed E-state index contributed by atoms with van der Waals surface area (Å²) in [5.41, 5.74) is 0.549. The van der Waals surface area contributed by atoms with Crippen LogP contribution in [0.5, 0.6) is 0 Å². The Morgan fingerprint density at radius 3 is 1.12 bits per heavy atom. The highest BCUT2D eigenvalue weighted by atomic mass is 14.9. The van der Waals surface area contributed by atoms with E-state index in [-0.39, 0.29) is 11.1 Å². The fourth-order valence-corrected chi connectivity index (χ4v) is 1.71. The van der Waals surface area contributed by atoms with Crippen molar-refractivity contribution in [3.63, 3.8) is 0 Å². The molecule has 0 bridgehead atoms. The fraction of sp³-hybridized carbons (Fsp3) is 1.00. The molecule has 17 heavy (non-hydrogen) atoms. The maximum atomic E-state index is 3.53. The molecule has 104 valence electrons. The minimum atomic E-state index is 0.274. The summed E-state index contributed by atoms with van der Waals surface area (Å²) in [7, 11) is 0. The minimum absolute atomic E-state index is 0.274. The lowest BCUT2D eigenvalue weighted by Crippen LogP contribution is -2.36. The molecule has 0 saturated heterocycles. The van der Waals surface area contributed by atoms with Crippen LogP contribution in [-0.2, 0) is 0 Å². The number of nitrogens with one attached hydrogen (secondary N) is 2. The van der Waals surface area contributed by atoms with E-state index in [1.165, 1.54) is 32.1 Å². The first kappa shape index (κ1) is 16.9. The summed E-state index contributed by atoms with van der Waals surface area (Å²) in [6.07, 6.45) is 6.71. The lowest BCUT2D eigenvalue weighted by Gasteiger charge is -2.20. The summed E-state index contributed by atoms with van der Waals surface area (Å²) in [5, 5.41) is 7.06. The van der Waals surface area contributed by atoms with E-state index in [1.54, 1.807) is 0 Å². The van der Waals surface area contributed by atoms with Gasteiger partial charge in [-0.2, -0.15) is 0 Å². The first-order valence-electron chi connectivity index (χ1n) is 7.21. The second-order valence-corrected chi connectivity index (χ2v) is 7.12. The van der Waals surface area contributed by atoms with Crippen LogP contribution in [0.25, 0.3) is 0 Å². The topological polar surface area (TPSA) is 24.1 Å². The predicted molar refractivity (Wildman–Crippen MR) is 78.6 cm³/mol. The molecule has 0 unspecified atom stereocenters. The van der Waals surface area contributed by atoms with Gasteiger partial charge in [-0.05, 0) is 67.5 Å². The van der Waals surface area contributed by atoms with Crippen molar-refractivity contribution < 1.29 is 0 Å². The molecule has 0 amide bonds. The standard InChI is InChI=1S/C15H34N2/c1-14(2,3)16-12-10-8-7-9-11-13-17-15(4,5)6/h16-17H,7-13H2,1-6H3. The van der Waals surface area contributed by atoms with Crippen molar-refractivity contribution in [3.8, 4) is 0 Å². The van der Waals surface area contributed by atoms with Gasteiger partial charge < -0.3 is 10.6 Å². The first-order valence-corrected chi connectivity index (χ1v) is 7.21. The molecule has 0 saturated carbocycles. The molecule has 0 aromatic heterocycles. The monoisotopic (exact) mass is 242 g/mol. The molecule has 0 aliphatic carbocycles. The van der Waals surface area contributed by atoms with Crippen LogP contribution >= 0.6 is 0 Å². The molecule has 0 aromatic carbocycles. The number of rotatable bonds is 8. The number of unbranched alkanes of at least 4 members (excludes halogenated alkanes) is 4. The summed E-state index contributed by atoms with van der Waals surface area (Å²) in [4.78, 5) is 0. The predicted octanol–water partition coefficient (Wildman–Crippen LogP) is 3.71. The normalized spacial score (nSPS) is 13.1. The molecule has 2 heteroatoms. The van der Waals surface area contributed by atoms with Crippen LogP contribution < -0.4 is 10.6 Å². The lowest BCUT2D eigenvalue weighted by atomic mass is 10.1. The van der Waals surface area contributed by atoms with Crippen LogP contribution in [0.4, 0.5) is 0 Å². The zero-order valence-corrected chi connectivity index (χ0v) is 12.9. The third-order valence-electron chi connectivity index (χ3n) is 2.66. The van der Waals surface area contributed by atoms with Gasteiger partial charge in [-0.15, -0.1) is 0 Å². The van der Waals surface area contributed by atoms with Crippen molar-refractivity contribution >= 4 is 0 Å². The Kier molecular flexibility index (Phi) is 8.06. The summed E-state index contributed by atoms with van der Waals surface area (Å²) < 4.78 is 0. The second-order valence-electron chi connectivity index (χ2n) is 7.12. The third-order valence-corrected chi connectivity index (χ3v) is 2.66. The molecule has 0 heterocycles. The van der Waals surface area contributed by atoms with Crippen molar-refractivity contribution in [1.29, 1.82) is 0 Å². The Morgan fingerprint density at radius 2 is 0.824 bits per heavy atom. The molecular formula is C15H34N2. The lowest BCUT2D eigenvalue weighted by molar-refractivity contribution is 0.406. The summed E-state index contributed by atoms with van der Waals surface area (Å²) in [6.45, 7) is 15.7. The van der Waals surface area contributed by atoms with E-state index < -0.39 is 0 Å². The SMILES string of the molecule is CC(C)(C)NCCCCCCCNC(C)(C)C. The number of hydrogen-bond donors (Lipinski definition) is 2. The molecule has 0 radical (unpaired) electrons. The Labute approximate surface area is 109 Å². The van der Waals surface area contributed by atoms with Gasteiger partial charge in [-0.25, -0.2) is 0 Å². The van der Waals surface area contributed by atoms with Gasteiger partial charge in [-0.3, -0.25) is 0 Å². The van der Waals surface area contributed by atoms with Crippen molar-refractivity contribution in [3.05, 3.63) is 0 Å². The van der Waals surface area contributed by atoms with E-state index in [2.05, 4.69) is 52.2 Å². The van der Waals surface area contributed by atoms with E-state index >= 15 is 0 Å². The van der Waals surface area contributed by atoms with E-state index in [0.717, 1.165) is 13.1 Å². The highest BCUT2D eigenvalue weighted by Crippen LogP contribution is 2.05. The molecule has 0 fully saturated rings. The minimum Gasteiger partial charge on any atom is -0.312 e. The Hall–Kier alpha value is -0.0800. The molecule has 0 atom stereocenters. The average molecular weight is 242 g/mol. The fourth-order valence-electron chi connectivity index (χ4n) is 1.71. The zero-order valence-electron chi connectivity index (χ0n) is 12.9. The van der Waals surface area contributed by atoms with Crippen molar-refractivity contribution in [2.45, 2.75) is 84.7 Å². The average Bonchev–Trinajstić information content (AvgIpc) is 2.11. The molecule has 0 aliphatic heterocycles. The van der Waals surface area contributed by atoms with Gasteiger partial charge in [0.15, 0.2) is 0 Å². The Morgan fingerprint density at radius 1 is 0.529 bits per heavy atom. The summed E-state index contributed by atoms with van der Waals surface area (Å²) in [5.74, 6) is 0. The van der Waals surface area contributed by atoms with Crippen LogP contribution in [-0.4, -0.2) is 24.2 Å². The molecule has 2 nitrogen and oxygen atoms in total. The second kappa shape index (κ2) is 8.10. The van der Waals surface area contributed by atoms with Crippen LogP contribution in [0.3, 0.4) is 0 Å². The van der Waals surface area contributed by atoms with Crippen molar-refractivity contribution in [1.82, 2.24) is 10.6 Å². The molecule has 0 spiro atoms. The van der Waals surface area contributed by atoms with Crippen LogP contribution in [0.1, 0.15) is 73.6 Å². The van der Waals surface area contributed by atoms with E-state index in [9.17, 15) is 0 Å². The third kappa shape index (κ3) is 15.9. The van der Waals surface area contributed by atoms with Gasteiger partial charge in [0.1, 0.15) is 0 Å². The van der Waals surface area contributed by atoms with E-state index in [1.807, 2.05) is 0 Å². The maximum absolute atomic E-state index is 3.53. The van der Waals surface area contributed by atoms with E-state index in [0.29, 0.717) is 0 Å². The van der Waals surface area contributed by atoms with Gasteiger partial charge >= 0.3 is 0 Å². The van der Waals surface area contributed by atoms with E-state index in [4.69, 9.17) is 0 Å². The van der Waals surface area contributed by atoms with Gasteiger partial charge in [0.2, 0.25) is 0 Å². The summed E-state index contributed by atoms with van der Waals surface area (Å²) >= 11 is 0. The van der Waals surface area contributed by atoms with Gasteiger partial charge in [0.05, 0.1) is 0 Å². The molecular weight excluding hydrogens is 208 g/mol. The first-order chi connectivity index (χ1) is 7.71. The van der Waals surface area contributed by atoms with Crippen LogP contribution in [0.15, 0.2) is 0 Å². The smallest absolute Gasteiger partial charge is 0.00965 e. The van der Waals surface area contributed by atoms with Gasteiger partial charge in [-0.1, -0.05) is 19.3 Å². The quantitative estimate of drug-likeness (QED) is 0.634. The Balaban J connectivity index is 3.15. The van der Waals surface area contributed by atoms with Crippen LogP contribution in [0, 0.1) is 0 Å². The zero-order chi connectivity index (χ0) is 13.4. The molecule has 0 rings (SSSR count). The van der Waals surface area contributed by atoms with Gasteiger partial charge in [0, 0.05) is 11.1 Å². The highest BCUT2D eigenvalue weighted by molar-refractivity contribution is 4.70. The highest BCUT2D eigenvalue weighted by Gasteiger charge is 2.07. The maximum Gasteiger partial charge on any atom is 0.00965 e. The Bertz CT molecular complexity index is 154. The van der Waals surface area contributed by atoms with Crippen molar-refractivity contribution in [2.24, 2.45) is 0 Å². The van der Waals surface area contributed by atoms with Crippen molar-refractivity contribution in [2.75, 3.05) is 13.1 Å².